The van der Waals surface area contributed by atoms with Crippen LogP contribution in [0.1, 0.15) is 11.9 Å². The van der Waals surface area contributed by atoms with Crippen molar-refractivity contribution in [2.45, 2.75) is 6.92 Å². The summed E-state index contributed by atoms with van der Waals surface area (Å²) < 4.78 is 5.76. The van der Waals surface area contributed by atoms with Gasteiger partial charge in [-0.2, -0.15) is 0 Å². The number of ether oxygens (including phenoxy) is 1. The number of thiazole rings is 1. The Morgan fingerprint density at radius 2 is 2.17 bits per heavy atom. The number of Topliss-reactive ketones (excluding diaryl/α,β-unsaturated/α-hetero) is 1. The molecule has 0 N–H and O–H groups in total. The molecule has 1 heterocycles. The van der Waals surface area contributed by atoms with Gasteiger partial charge in [0, 0.05) is 6.08 Å². The van der Waals surface area contributed by atoms with Gasteiger partial charge in [-0.25, -0.2) is 9.78 Å². The van der Waals surface area contributed by atoms with E-state index in [4.69, 9.17) is 4.74 Å². The van der Waals surface area contributed by atoms with Crippen molar-refractivity contribution in [3.8, 4) is 0 Å². The van der Waals surface area contributed by atoms with Crippen molar-refractivity contribution in [1.82, 2.24) is 4.98 Å². The molecule has 4 nitrogen and oxygen atoms in total. The molecule has 0 radical (unpaired) electrons. The molecule has 0 spiro atoms. The van der Waals surface area contributed by atoms with Gasteiger partial charge in [-0.3, -0.25) is 4.79 Å². The summed E-state index contributed by atoms with van der Waals surface area (Å²) in [5.74, 6) is -0.721. The molecule has 18 heavy (non-hydrogen) atoms. The summed E-state index contributed by atoms with van der Waals surface area (Å²) in [6.45, 7) is 1.17. The van der Waals surface area contributed by atoms with E-state index >= 15 is 0 Å². The van der Waals surface area contributed by atoms with Crippen LogP contribution in [0.3, 0.4) is 0 Å². The van der Waals surface area contributed by atoms with Gasteiger partial charge < -0.3 is 4.74 Å². The van der Waals surface area contributed by atoms with Crippen molar-refractivity contribution in [2.75, 3.05) is 6.61 Å². The topological polar surface area (TPSA) is 56.3 Å². The lowest BCUT2D eigenvalue weighted by atomic mass is 10.3. The number of benzene rings is 1. The van der Waals surface area contributed by atoms with E-state index in [-0.39, 0.29) is 12.4 Å². The molecule has 2 rings (SSSR count). The first-order valence-electron chi connectivity index (χ1n) is 5.35. The summed E-state index contributed by atoms with van der Waals surface area (Å²) in [6.07, 6.45) is 2.87. The second kappa shape index (κ2) is 5.55. The normalized spacial score (nSPS) is 10.9. The smallest absolute Gasteiger partial charge is 0.331 e. The number of hydrogen-bond donors (Lipinski definition) is 0. The summed E-state index contributed by atoms with van der Waals surface area (Å²) in [5, 5.41) is 0.732. The third-order valence-electron chi connectivity index (χ3n) is 2.09. The molecule has 2 aromatic rings. The molecule has 0 aliphatic heterocycles. The molecular weight excluding hydrogens is 250 g/mol. The molecule has 0 saturated carbocycles. The number of aromatic nitrogens is 1. The minimum absolute atomic E-state index is 0.184. The average Bonchev–Trinajstić information content (AvgIpc) is 2.76. The molecular formula is C13H11NO3S. The van der Waals surface area contributed by atoms with Crippen molar-refractivity contribution in [2.24, 2.45) is 0 Å². The first kappa shape index (κ1) is 12.4. The molecule has 0 amide bonds. The van der Waals surface area contributed by atoms with Crippen molar-refractivity contribution in [3.05, 3.63) is 35.3 Å². The fourth-order valence-electron chi connectivity index (χ4n) is 1.32. The number of ketones is 1. The van der Waals surface area contributed by atoms with E-state index in [1.807, 2.05) is 24.3 Å². The van der Waals surface area contributed by atoms with Gasteiger partial charge in [0.2, 0.25) is 0 Å². The van der Waals surface area contributed by atoms with Crippen molar-refractivity contribution in [3.63, 3.8) is 0 Å². The number of carbonyl (C=O) groups is 2. The van der Waals surface area contributed by atoms with Gasteiger partial charge in [-0.15, -0.1) is 11.3 Å². The van der Waals surface area contributed by atoms with Crippen LogP contribution in [0, 0.1) is 0 Å². The van der Waals surface area contributed by atoms with Gasteiger partial charge >= 0.3 is 5.97 Å². The molecule has 0 atom stereocenters. The van der Waals surface area contributed by atoms with Gasteiger partial charge in [0.25, 0.3) is 0 Å². The average molecular weight is 261 g/mol. The van der Waals surface area contributed by atoms with E-state index in [1.165, 1.54) is 24.3 Å². The molecule has 1 aromatic heterocycles. The van der Waals surface area contributed by atoms with Crippen LogP contribution < -0.4 is 0 Å². The predicted molar refractivity (Wildman–Crippen MR) is 70.3 cm³/mol. The maximum absolute atomic E-state index is 11.3. The van der Waals surface area contributed by atoms with Crippen LogP contribution in [0.2, 0.25) is 0 Å². The standard InChI is InChI=1S/C13H11NO3S/c1-9(15)8-17-13(16)7-6-12-14-10-4-2-3-5-11(10)18-12/h2-7H,8H2,1H3/b7-6+. The minimum atomic E-state index is -0.538. The summed E-state index contributed by atoms with van der Waals surface area (Å²) in [7, 11) is 0. The largest absolute Gasteiger partial charge is 0.455 e. The fraction of sp³-hybridized carbons (Fsp3) is 0.154. The van der Waals surface area contributed by atoms with Gasteiger partial charge in [0.1, 0.15) is 11.6 Å². The quantitative estimate of drug-likeness (QED) is 0.626. The second-order valence-corrected chi connectivity index (χ2v) is 4.73. The molecule has 5 heteroatoms. The van der Waals surface area contributed by atoms with E-state index in [2.05, 4.69) is 4.98 Å². The van der Waals surface area contributed by atoms with Gasteiger partial charge in [-0.05, 0) is 25.1 Å². The first-order valence-corrected chi connectivity index (χ1v) is 6.16. The van der Waals surface area contributed by atoms with Gasteiger partial charge in [0.15, 0.2) is 5.78 Å². The van der Waals surface area contributed by atoms with Crippen molar-refractivity contribution >= 4 is 39.4 Å². The molecule has 0 bridgehead atoms. The zero-order valence-corrected chi connectivity index (χ0v) is 10.6. The molecule has 92 valence electrons. The Morgan fingerprint density at radius 3 is 2.89 bits per heavy atom. The van der Waals surface area contributed by atoms with E-state index < -0.39 is 5.97 Å². The molecule has 1 aromatic carbocycles. The third-order valence-corrected chi connectivity index (χ3v) is 3.09. The lowest BCUT2D eigenvalue weighted by Crippen LogP contribution is -2.08. The predicted octanol–water partition coefficient (Wildman–Crippen LogP) is 2.44. The zero-order chi connectivity index (χ0) is 13.0. The molecule has 0 aliphatic carbocycles. The van der Waals surface area contributed by atoms with Crippen LogP contribution in [0.4, 0.5) is 0 Å². The Balaban J connectivity index is 2.04. The fourth-order valence-corrected chi connectivity index (χ4v) is 2.19. The summed E-state index contributed by atoms with van der Waals surface area (Å²) in [5.41, 5.74) is 0.902. The molecule has 0 fully saturated rings. The highest BCUT2D eigenvalue weighted by Gasteiger charge is 2.02. The number of nitrogens with zero attached hydrogens (tertiary/aromatic N) is 1. The monoisotopic (exact) mass is 261 g/mol. The highest BCUT2D eigenvalue weighted by Crippen LogP contribution is 2.22. The van der Waals surface area contributed by atoms with Crippen LogP contribution in [0.15, 0.2) is 30.3 Å². The van der Waals surface area contributed by atoms with E-state index in [0.717, 1.165) is 15.2 Å². The maximum Gasteiger partial charge on any atom is 0.331 e. The second-order valence-electron chi connectivity index (χ2n) is 3.66. The van der Waals surface area contributed by atoms with Crippen molar-refractivity contribution < 1.29 is 14.3 Å². The van der Waals surface area contributed by atoms with E-state index in [1.54, 1.807) is 6.08 Å². The Bertz CT molecular complexity index is 582. The summed E-state index contributed by atoms with van der Waals surface area (Å²) >= 11 is 1.49. The number of fused-ring (bicyclic) bond motifs is 1. The lowest BCUT2D eigenvalue weighted by molar-refractivity contribution is -0.142. The number of carbonyl (C=O) groups excluding carboxylic acids is 2. The maximum atomic E-state index is 11.3. The zero-order valence-electron chi connectivity index (χ0n) is 9.75. The summed E-state index contributed by atoms with van der Waals surface area (Å²) in [6, 6.07) is 7.74. The van der Waals surface area contributed by atoms with Gasteiger partial charge in [0.05, 0.1) is 10.2 Å². The molecule has 0 saturated heterocycles. The SMILES string of the molecule is CC(=O)COC(=O)/C=C/c1nc2ccccc2s1. The Morgan fingerprint density at radius 1 is 1.39 bits per heavy atom. The summed E-state index contributed by atoms with van der Waals surface area (Å²) in [4.78, 5) is 26.2. The first-order chi connectivity index (χ1) is 8.65. The van der Waals surface area contributed by atoms with Crippen LogP contribution in [-0.4, -0.2) is 23.3 Å². The number of hydrogen-bond acceptors (Lipinski definition) is 5. The third kappa shape index (κ3) is 3.24. The number of rotatable bonds is 4. The van der Waals surface area contributed by atoms with E-state index in [0.29, 0.717) is 0 Å². The lowest BCUT2D eigenvalue weighted by Gasteiger charge is -1.95. The van der Waals surface area contributed by atoms with Crippen LogP contribution >= 0.6 is 11.3 Å². The Kier molecular flexibility index (Phi) is 3.84. The molecule has 0 unspecified atom stereocenters. The molecule has 0 aliphatic rings. The van der Waals surface area contributed by atoms with Crippen LogP contribution in [0.25, 0.3) is 16.3 Å². The van der Waals surface area contributed by atoms with E-state index in [9.17, 15) is 9.59 Å². The highest BCUT2D eigenvalue weighted by molar-refractivity contribution is 7.19. The van der Waals surface area contributed by atoms with Crippen molar-refractivity contribution in [1.29, 1.82) is 0 Å². The Hall–Kier alpha value is -2.01. The number of para-hydroxylation sites is 1. The minimum Gasteiger partial charge on any atom is -0.455 e. The Labute approximate surface area is 108 Å². The number of esters is 1. The van der Waals surface area contributed by atoms with Gasteiger partial charge in [-0.1, -0.05) is 12.1 Å². The van der Waals surface area contributed by atoms with Crippen LogP contribution in [-0.2, 0) is 14.3 Å². The van der Waals surface area contributed by atoms with Crippen LogP contribution in [0.5, 0.6) is 0 Å². The highest BCUT2D eigenvalue weighted by atomic mass is 32.1.